The fourth-order valence-corrected chi connectivity index (χ4v) is 11.3. The molecular formula is C46H48N2. The van der Waals surface area contributed by atoms with Crippen LogP contribution in [0.2, 0.25) is 0 Å². The summed E-state index contributed by atoms with van der Waals surface area (Å²) in [6.07, 6.45) is 6.31. The van der Waals surface area contributed by atoms with Gasteiger partial charge in [0.1, 0.15) is 0 Å². The number of hydrogen-bond donors (Lipinski definition) is 0. The Morgan fingerprint density at radius 3 is 1.75 bits per heavy atom. The van der Waals surface area contributed by atoms with Crippen molar-refractivity contribution in [3.8, 4) is 22.5 Å². The average Bonchev–Trinajstić information content (AvgIpc) is 3.48. The second-order valence-electron chi connectivity index (χ2n) is 16.1. The SMILES string of the molecule is CC.CC1C2CCCC1(C)c1c(-c3cccc4c(-c5nc6ccccc6c6c5C5(C)CCC6C5(C)C)cccc34)nc3ccccc3c12. The maximum absolute atomic E-state index is 5.55. The molecule has 2 heteroatoms. The third-order valence-corrected chi connectivity index (χ3v) is 14.2. The molecule has 4 aromatic carbocycles. The van der Waals surface area contributed by atoms with E-state index in [-0.39, 0.29) is 16.2 Å². The van der Waals surface area contributed by atoms with Gasteiger partial charge >= 0.3 is 0 Å². The number of nitrogens with zero attached hydrogens (tertiary/aromatic N) is 2. The minimum atomic E-state index is 0.0993. The van der Waals surface area contributed by atoms with Gasteiger partial charge in [-0.2, -0.15) is 0 Å². The molecule has 5 atom stereocenters. The van der Waals surface area contributed by atoms with Crippen LogP contribution < -0.4 is 0 Å². The van der Waals surface area contributed by atoms with Crippen LogP contribution in [0.3, 0.4) is 0 Å². The number of fused-ring (bicyclic) bond motifs is 15. The van der Waals surface area contributed by atoms with Crippen molar-refractivity contribution in [3.05, 3.63) is 107 Å². The van der Waals surface area contributed by atoms with Crippen molar-refractivity contribution in [2.75, 3.05) is 0 Å². The van der Waals surface area contributed by atoms with Gasteiger partial charge in [-0.3, -0.25) is 0 Å². The Morgan fingerprint density at radius 2 is 1.12 bits per heavy atom. The molecule has 0 N–H and O–H groups in total. The zero-order chi connectivity index (χ0) is 33.2. The van der Waals surface area contributed by atoms with Crippen LogP contribution in [-0.2, 0) is 10.8 Å². The molecule has 5 unspecified atom stereocenters. The molecule has 2 saturated carbocycles. The summed E-state index contributed by atoms with van der Waals surface area (Å²) in [5.41, 5.74) is 13.8. The third-order valence-electron chi connectivity index (χ3n) is 14.2. The molecule has 4 aliphatic rings. The van der Waals surface area contributed by atoms with E-state index >= 15 is 0 Å². The van der Waals surface area contributed by atoms with Gasteiger partial charge in [0.05, 0.1) is 22.4 Å². The molecule has 0 amide bonds. The largest absolute Gasteiger partial charge is 0.247 e. The Hall–Kier alpha value is -4.04. The summed E-state index contributed by atoms with van der Waals surface area (Å²) in [7, 11) is 0. The van der Waals surface area contributed by atoms with E-state index in [2.05, 4.69) is 120 Å². The lowest BCUT2D eigenvalue weighted by atomic mass is 9.67. The van der Waals surface area contributed by atoms with E-state index in [1.807, 2.05) is 13.8 Å². The van der Waals surface area contributed by atoms with Crippen molar-refractivity contribution in [2.45, 2.75) is 103 Å². The zero-order valence-electron chi connectivity index (χ0n) is 29.7. The minimum Gasteiger partial charge on any atom is -0.247 e. The lowest BCUT2D eigenvalue weighted by Crippen LogP contribution is -2.31. The number of hydrogen-bond acceptors (Lipinski definition) is 2. The minimum absolute atomic E-state index is 0.0993. The van der Waals surface area contributed by atoms with E-state index in [4.69, 9.17) is 9.97 Å². The van der Waals surface area contributed by atoms with Gasteiger partial charge < -0.3 is 0 Å². The highest BCUT2D eigenvalue weighted by Gasteiger charge is 2.61. The Morgan fingerprint density at radius 1 is 0.583 bits per heavy atom. The van der Waals surface area contributed by atoms with Crippen LogP contribution in [0.1, 0.15) is 115 Å². The predicted molar refractivity (Wildman–Crippen MR) is 203 cm³/mol. The molecule has 4 bridgehead atoms. The summed E-state index contributed by atoms with van der Waals surface area (Å²) in [6.45, 7) is 16.6. The summed E-state index contributed by atoms with van der Waals surface area (Å²) in [4.78, 5) is 11.1. The fraction of sp³-hybridized carbons (Fsp3) is 0.391. The van der Waals surface area contributed by atoms with Gasteiger partial charge in [0.2, 0.25) is 0 Å². The Kier molecular flexibility index (Phi) is 6.41. The molecule has 0 aliphatic heterocycles. The third kappa shape index (κ3) is 3.59. The Balaban J connectivity index is 0.00000154. The molecule has 48 heavy (non-hydrogen) atoms. The van der Waals surface area contributed by atoms with Crippen molar-refractivity contribution >= 4 is 32.6 Å². The van der Waals surface area contributed by atoms with Gasteiger partial charge in [-0.15, -0.1) is 0 Å². The lowest BCUT2D eigenvalue weighted by molar-refractivity contribution is 0.224. The first kappa shape index (κ1) is 30.1. The smallest absolute Gasteiger partial charge is 0.0756 e. The van der Waals surface area contributed by atoms with Gasteiger partial charge in [-0.25, -0.2) is 9.97 Å². The lowest BCUT2D eigenvalue weighted by Gasteiger charge is -2.37. The summed E-state index contributed by atoms with van der Waals surface area (Å²) in [6, 6.07) is 31.7. The molecule has 0 spiro atoms. The summed E-state index contributed by atoms with van der Waals surface area (Å²) in [5, 5.41) is 5.30. The molecule has 2 heterocycles. The van der Waals surface area contributed by atoms with Crippen molar-refractivity contribution in [1.82, 2.24) is 9.97 Å². The number of para-hydroxylation sites is 2. The first-order valence-corrected chi connectivity index (χ1v) is 18.6. The fourth-order valence-electron chi connectivity index (χ4n) is 11.3. The van der Waals surface area contributed by atoms with Crippen LogP contribution in [0.25, 0.3) is 55.1 Å². The standard InChI is InChI=1S/C44H42N2.C2H6/c1-25-26-19-12-23-43(25,4)38-36(26)31-13-6-8-20-34(31)45-40(38)29-17-10-16-28-27(29)15-11-18-30(28)41-39-37(32-14-7-9-21-35(32)46-41)33-22-24-44(39,5)42(33,2)3;1-2/h6-11,13-18,20-21,25-26,33H,12,19,22-24H2,1-5H3;1-2H3. The Labute approximate surface area is 286 Å². The van der Waals surface area contributed by atoms with E-state index < -0.39 is 0 Å². The second-order valence-corrected chi connectivity index (χ2v) is 16.1. The molecule has 10 rings (SSSR count). The quantitative estimate of drug-likeness (QED) is 0.191. The maximum atomic E-state index is 5.55. The van der Waals surface area contributed by atoms with E-state index in [0.717, 1.165) is 11.0 Å². The molecule has 2 fully saturated rings. The maximum Gasteiger partial charge on any atom is 0.0756 e. The molecule has 4 aliphatic carbocycles. The highest BCUT2D eigenvalue weighted by Crippen LogP contribution is 2.70. The van der Waals surface area contributed by atoms with Crippen molar-refractivity contribution in [2.24, 2.45) is 11.3 Å². The van der Waals surface area contributed by atoms with Gasteiger partial charge in [-0.05, 0) is 99.4 Å². The van der Waals surface area contributed by atoms with E-state index in [9.17, 15) is 0 Å². The van der Waals surface area contributed by atoms with E-state index in [1.54, 1.807) is 11.1 Å². The van der Waals surface area contributed by atoms with Crippen molar-refractivity contribution < 1.29 is 0 Å². The van der Waals surface area contributed by atoms with Gasteiger partial charge in [0.25, 0.3) is 0 Å². The first-order chi connectivity index (χ1) is 23.2. The van der Waals surface area contributed by atoms with Gasteiger partial charge in [-0.1, -0.05) is 128 Å². The van der Waals surface area contributed by atoms with E-state index in [0.29, 0.717) is 17.8 Å². The van der Waals surface area contributed by atoms with Crippen molar-refractivity contribution in [1.29, 1.82) is 0 Å². The number of benzene rings is 4. The average molecular weight is 629 g/mol. The van der Waals surface area contributed by atoms with Crippen LogP contribution in [0.5, 0.6) is 0 Å². The normalized spacial score (nSPS) is 27.6. The van der Waals surface area contributed by atoms with Crippen molar-refractivity contribution in [3.63, 3.8) is 0 Å². The molecule has 2 nitrogen and oxygen atoms in total. The van der Waals surface area contributed by atoms with Crippen LogP contribution in [0, 0.1) is 11.3 Å². The Bertz CT molecular complexity index is 2180. The monoisotopic (exact) mass is 628 g/mol. The topological polar surface area (TPSA) is 25.8 Å². The molecule has 2 aromatic heterocycles. The van der Waals surface area contributed by atoms with Crippen LogP contribution in [0.15, 0.2) is 84.9 Å². The highest BCUT2D eigenvalue weighted by atomic mass is 14.8. The van der Waals surface area contributed by atoms with Crippen LogP contribution >= 0.6 is 0 Å². The number of rotatable bonds is 2. The second kappa shape index (κ2) is 10.2. The van der Waals surface area contributed by atoms with E-state index in [1.165, 1.54) is 87.3 Å². The molecular weight excluding hydrogens is 581 g/mol. The first-order valence-electron chi connectivity index (χ1n) is 18.6. The molecule has 242 valence electrons. The van der Waals surface area contributed by atoms with Gasteiger partial charge in [0, 0.05) is 27.3 Å². The summed E-state index contributed by atoms with van der Waals surface area (Å²) < 4.78 is 0. The number of pyridine rings is 2. The predicted octanol–water partition coefficient (Wildman–Crippen LogP) is 12.6. The molecule has 0 radical (unpaired) electrons. The highest BCUT2D eigenvalue weighted by molar-refractivity contribution is 6.06. The summed E-state index contributed by atoms with van der Waals surface area (Å²) >= 11 is 0. The van der Waals surface area contributed by atoms with Crippen LogP contribution in [0.4, 0.5) is 0 Å². The number of aromatic nitrogens is 2. The zero-order valence-corrected chi connectivity index (χ0v) is 29.7. The van der Waals surface area contributed by atoms with Gasteiger partial charge in [0.15, 0.2) is 0 Å². The molecule has 6 aromatic rings. The molecule has 0 saturated heterocycles. The summed E-state index contributed by atoms with van der Waals surface area (Å²) in [5.74, 6) is 1.79. The van der Waals surface area contributed by atoms with Crippen LogP contribution in [-0.4, -0.2) is 9.97 Å².